The standard InChI is InChI=1S/C20H29N3O3/c1-16-7-12-22(13-8-16)11-4-10-21-19(24)9-14-23-17-5-2-3-6-18(17)26-15-20(23)25/h2-3,5-6,16H,4,7-15H2,1H3,(H,21,24)/p+1. The molecule has 0 bridgehead atoms. The van der Waals surface area contributed by atoms with Gasteiger partial charge in [-0.05, 0) is 30.9 Å². The van der Waals surface area contributed by atoms with Gasteiger partial charge in [-0.25, -0.2) is 0 Å². The van der Waals surface area contributed by atoms with Gasteiger partial charge in [-0.2, -0.15) is 0 Å². The highest BCUT2D eigenvalue weighted by molar-refractivity contribution is 5.98. The number of nitrogens with one attached hydrogen (secondary N) is 2. The van der Waals surface area contributed by atoms with Gasteiger partial charge in [-0.3, -0.25) is 9.59 Å². The molecule has 0 radical (unpaired) electrons. The minimum atomic E-state index is -0.0978. The summed E-state index contributed by atoms with van der Waals surface area (Å²) in [5.41, 5.74) is 0.750. The van der Waals surface area contributed by atoms with Crippen molar-refractivity contribution in [3.8, 4) is 5.75 Å². The second-order valence-corrected chi connectivity index (χ2v) is 7.44. The number of carbonyl (C=O) groups is 2. The van der Waals surface area contributed by atoms with E-state index < -0.39 is 0 Å². The molecular formula is C20H30N3O3+. The summed E-state index contributed by atoms with van der Waals surface area (Å²) in [6, 6.07) is 7.45. The fourth-order valence-electron chi connectivity index (χ4n) is 3.69. The van der Waals surface area contributed by atoms with Crippen molar-refractivity contribution in [3.05, 3.63) is 24.3 Å². The fourth-order valence-corrected chi connectivity index (χ4v) is 3.69. The number of nitrogens with zero attached hydrogens (tertiary/aromatic N) is 1. The van der Waals surface area contributed by atoms with E-state index >= 15 is 0 Å². The Kier molecular flexibility index (Phi) is 6.50. The number of hydrogen-bond acceptors (Lipinski definition) is 3. The van der Waals surface area contributed by atoms with Crippen LogP contribution in [-0.4, -0.2) is 51.1 Å². The number of carbonyl (C=O) groups excluding carboxylic acids is 2. The number of anilines is 1. The van der Waals surface area contributed by atoms with Crippen LogP contribution in [0.25, 0.3) is 0 Å². The number of hydrogen-bond donors (Lipinski definition) is 2. The number of fused-ring (bicyclic) bond motifs is 1. The molecule has 3 rings (SSSR count). The Balaban J connectivity index is 1.36. The van der Waals surface area contributed by atoms with Crippen molar-refractivity contribution in [1.82, 2.24) is 5.32 Å². The van der Waals surface area contributed by atoms with Gasteiger partial charge in [0, 0.05) is 25.9 Å². The van der Waals surface area contributed by atoms with Gasteiger partial charge in [0.1, 0.15) is 5.75 Å². The molecule has 2 aliphatic heterocycles. The summed E-state index contributed by atoms with van der Waals surface area (Å²) in [7, 11) is 0. The van der Waals surface area contributed by atoms with E-state index in [2.05, 4.69) is 12.2 Å². The van der Waals surface area contributed by atoms with E-state index in [4.69, 9.17) is 4.74 Å². The summed E-state index contributed by atoms with van der Waals surface area (Å²) in [5, 5.41) is 2.99. The number of para-hydroxylation sites is 2. The SMILES string of the molecule is CC1CC[NH+](CCCNC(=O)CCN2C(=O)COc3ccccc32)CC1. The van der Waals surface area contributed by atoms with Crippen LogP contribution < -0.4 is 19.9 Å². The molecule has 0 unspecified atom stereocenters. The number of ether oxygens (including phenoxy) is 1. The first-order valence-electron chi connectivity index (χ1n) is 9.76. The molecule has 6 heteroatoms. The van der Waals surface area contributed by atoms with E-state index in [1.54, 1.807) is 9.80 Å². The van der Waals surface area contributed by atoms with Crippen molar-refractivity contribution >= 4 is 17.5 Å². The van der Waals surface area contributed by atoms with Crippen molar-refractivity contribution in [2.24, 2.45) is 5.92 Å². The Morgan fingerprint density at radius 3 is 2.88 bits per heavy atom. The normalized spacial score (nSPS) is 22.5. The quantitative estimate of drug-likeness (QED) is 0.701. The average molecular weight is 360 g/mol. The van der Waals surface area contributed by atoms with Crippen LogP contribution in [0, 0.1) is 5.92 Å². The minimum Gasteiger partial charge on any atom is -0.482 e. The van der Waals surface area contributed by atoms with E-state index in [0.29, 0.717) is 25.3 Å². The third-order valence-corrected chi connectivity index (χ3v) is 5.38. The smallest absolute Gasteiger partial charge is 0.265 e. The van der Waals surface area contributed by atoms with Crippen molar-refractivity contribution in [3.63, 3.8) is 0 Å². The molecule has 1 saturated heterocycles. The fraction of sp³-hybridized carbons (Fsp3) is 0.600. The number of piperidine rings is 1. The lowest BCUT2D eigenvalue weighted by Crippen LogP contribution is -3.13. The molecule has 0 atom stereocenters. The van der Waals surface area contributed by atoms with Gasteiger partial charge in [0.15, 0.2) is 6.61 Å². The van der Waals surface area contributed by atoms with Gasteiger partial charge in [0.25, 0.3) is 5.91 Å². The third-order valence-electron chi connectivity index (χ3n) is 5.38. The van der Waals surface area contributed by atoms with Crippen LogP contribution in [0.15, 0.2) is 24.3 Å². The first kappa shape index (κ1) is 18.7. The zero-order chi connectivity index (χ0) is 18.4. The molecule has 1 fully saturated rings. The Morgan fingerprint density at radius 2 is 2.08 bits per heavy atom. The maximum atomic E-state index is 12.1. The molecule has 0 saturated carbocycles. The Labute approximate surface area is 155 Å². The van der Waals surface area contributed by atoms with Gasteiger partial charge < -0.3 is 19.9 Å². The van der Waals surface area contributed by atoms with Crippen LogP contribution >= 0.6 is 0 Å². The van der Waals surface area contributed by atoms with Gasteiger partial charge in [0.05, 0.1) is 25.3 Å². The highest BCUT2D eigenvalue weighted by Gasteiger charge is 2.25. The second kappa shape index (κ2) is 9.03. The van der Waals surface area contributed by atoms with Crippen LogP contribution in [0.3, 0.4) is 0 Å². The lowest BCUT2D eigenvalue weighted by Gasteiger charge is -2.29. The highest BCUT2D eigenvalue weighted by Crippen LogP contribution is 2.31. The van der Waals surface area contributed by atoms with Crippen molar-refractivity contribution in [2.75, 3.05) is 44.2 Å². The molecule has 0 aliphatic carbocycles. The predicted octanol–water partition coefficient (Wildman–Crippen LogP) is 0.623. The summed E-state index contributed by atoms with van der Waals surface area (Å²) in [5.74, 6) is 1.47. The van der Waals surface area contributed by atoms with Gasteiger partial charge >= 0.3 is 0 Å². The summed E-state index contributed by atoms with van der Waals surface area (Å²) in [6.45, 7) is 7.11. The zero-order valence-electron chi connectivity index (χ0n) is 15.6. The Morgan fingerprint density at radius 1 is 1.31 bits per heavy atom. The lowest BCUT2D eigenvalue weighted by molar-refractivity contribution is -0.906. The lowest BCUT2D eigenvalue weighted by atomic mass is 9.99. The number of likely N-dealkylation sites (tertiary alicyclic amines) is 1. The Hall–Kier alpha value is -2.08. The largest absolute Gasteiger partial charge is 0.482 e. The van der Waals surface area contributed by atoms with Crippen LogP contribution in [0.5, 0.6) is 5.75 Å². The molecule has 0 spiro atoms. The molecule has 1 aromatic rings. The van der Waals surface area contributed by atoms with Gasteiger partial charge in [0.2, 0.25) is 5.91 Å². The molecule has 2 heterocycles. The monoisotopic (exact) mass is 360 g/mol. The van der Waals surface area contributed by atoms with Gasteiger partial charge in [-0.1, -0.05) is 19.1 Å². The molecule has 26 heavy (non-hydrogen) atoms. The predicted molar refractivity (Wildman–Crippen MR) is 100 cm³/mol. The third kappa shape index (κ3) is 4.97. The summed E-state index contributed by atoms with van der Waals surface area (Å²) in [4.78, 5) is 27.5. The summed E-state index contributed by atoms with van der Waals surface area (Å²) >= 11 is 0. The summed E-state index contributed by atoms with van der Waals surface area (Å²) in [6.07, 6.45) is 3.95. The van der Waals surface area contributed by atoms with E-state index in [1.807, 2.05) is 24.3 Å². The molecule has 0 aromatic heterocycles. The molecule has 1 aromatic carbocycles. The first-order chi connectivity index (χ1) is 12.6. The minimum absolute atomic E-state index is 0.00374. The van der Waals surface area contributed by atoms with Crippen molar-refractivity contribution < 1.29 is 19.2 Å². The van der Waals surface area contributed by atoms with E-state index in [1.165, 1.54) is 25.9 Å². The average Bonchev–Trinajstić information content (AvgIpc) is 2.66. The number of benzene rings is 1. The molecule has 2 amide bonds. The van der Waals surface area contributed by atoms with Gasteiger partial charge in [-0.15, -0.1) is 0 Å². The number of rotatable bonds is 7. The highest BCUT2D eigenvalue weighted by atomic mass is 16.5. The van der Waals surface area contributed by atoms with Crippen molar-refractivity contribution in [2.45, 2.75) is 32.6 Å². The first-order valence-corrected chi connectivity index (χ1v) is 9.76. The Bertz CT molecular complexity index is 626. The van der Waals surface area contributed by atoms with Crippen molar-refractivity contribution in [1.29, 1.82) is 0 Å². The maximum absolute atomic E-state index is 12.1. The van der Waals surface area contributed by atoms with Crippen LogP contribution in [0.1, 0.15) is 32.6 Å². The zero-order valence-corrected chi connectivity index (χ0v) is 15.6. The number of amides is 2. The molecule has 2 N–H and O–H groups in total. The van der Waals surface area contributed by atoms with E-state index in [9.17, 15) is 9.59 Å². The maximum Gasteiger partial charge on any atom is 0.265 e. The molecule has 2 aliphatic rings. The second-order valence-electron chi connectivity index (χ2n) is 7.44. The topological polar surface area (TPSA) is 63.1 Å². The molecule has 142 valence electrons. The van der Waals surface area contributed by atoms with Crippen LogP contribution in [-0.2, 0) is 9.59 Å². The molecule has 6 nitrogen and oxygen atoms in total. The van der Waals surface area contributed by atoms with E-state index in [-0.39, 0.29) is 18.4 Å². The van der Waals surface area contributed by atoms with Crippen LogP contribution in [0.2, 0.25) is 0 Å². The van der Waals surface area contributed by atoms with Crippen LogP contribution in [0.4, 0.5) is 5.69 Å². The van der Waals surface area contributed by atoms with E-state index in [0.717, 1.165) is 24.6 Å². The number of quaternary nitrogens is 1. The summed E-state index contributed by atoms with van der Waals surface area (Å²) < 4.78 is 5.42. The molecular weight excluding hydrogens is 330 g/mol.